The number of carbonyl (C=O) groups is 1. The second-order valence-corrected chi connectivity index (χ2v) is 4.70. The Kier molecular flexibility index (Phi) is 3.90. The third kappa shape index (κ3) is 2.88. The van der Waals surface area contributed by atoms with Crippen molar-refractivity contribution < 1.29 is 13.6 Å². The van der Waals surface area contributed by atoms with Crippen LogP contribution in [0.4, 0.5) is 20.2 Å². The summed E-state index contributed by atoms with van der Waals surface area (Å²) in [6.07, 6.45) is 0. The molecule has 3 N–H and O–H groups in total. The summed E-state index contributed by atoms with van der Waals surface area (Å²) in [7, 11) is 0. The number of carbonyl (C=O) groups excluding carboxylic acids is 1. The first kappa shape index (κ1) is 14.3. The molecule has 0 saturated heterocycles. The molecule has 0 spiro atoms. The van der Waals surface area contributed by atoms with E-state index in [1.54, 1.807) is 19.1 Å². The van der Waals surface area contributed by atoms with Crippen molar-refractivity contribution in [2.75, 3.05) is 11.1 Å². The normalized spacial score (nSPS) is 10.4. The van der Waals surface area contributed by atoms with Crippen LogP contribution < -0.4 is 11.1 Å². The highest BCUT2D eigenvalue weighted by molar-refractivity contribution is 6.30. The van der Waals surface area contributed by atoms with Crippen LogP contribution in [0.15, 0.2) is 30.3 Å². The zero-order chi connectivity index (χ0) is 14.9. The molecule has 2 rings (SSSR count). The SMILES string of the molecule is Cc1cc(Cl)ccc1C(=O)Nc1cc(N)c(F)cc1F. The fourth-order valence-corrected chi connectivity index (χ4v) is 1.96. The molecule has 0 bridgehead atoms. The number of amides is 1. The van der Waals surface area contributed by atoms with E-state index < -0.39 is 17.5 Å². The van der Waals surface area contributed by atoms with Crippen molar-refractivity contribution in [2.45, 2.75) is 6.92 Å². The van der Waals surface area contributed by atoms with E-state index in [1.165, 1.54) is 6.07 Å². The number of hydrogen-bond acceptors (Lipinski definition) is 2. The number of benzene rings is 2. The Hall–Kier alpha value is -2.14. The van der Waals surface area contributed by atoms with Gasteiger partial charge in [0.25, 0.3) is 5.91 Å². The minimum atomic E-state index is -0.892. The summed E-state index contributed by atoms with van der Waals surface area (Å²) in [5, 5.41) is 2.85. The molecule has 0 aliphatic heterocycles. The number of nitrogens with two attached hydrogens (primary N) is 1. The summed E-state index contributed by atoms with van der Waals surface area (Å²) in [5.41, 5.74) is 5.91. The van der Waals surface area contributed by atoms with Crippen LogP contribution in [0.1, 0.15) is 15.9 Å². The number of aryl methyl sites for hydroxylation is 1. The molecule has 1 amide bonds. The first-order chi connectivity index (χ1) is 9.38. The predicted molar refractivity (Wildman–Crippen MR) is 74.9 cm³/mol. The standard InChI is InChI=1S/C14H11ClF2N2O/c1-7-4-8(15)2-3-9(7)14(20)19-13-6-12(18)10(16)5-11(13)17/h2-6H,18H2,1H3,(H,19,20). The smallest absolute Gasteiger partial charge is 0.256 e. The molecule has 0 atom stereocenters. The minimum absolute atomic E-state index is 0.178. The highest BCUT2D eigenvalue weighted by Gasteiger charge is 2.14. The molecular formula is C14H11ClF2N2O. The summed E-state index contributed by atoms with van der Waals surface area (Å²) in [5.74, 6) is -2.29. The molecule has 0 fully saturated rings. The van der Waals surface area contributed by atoms with Crippen LogP contribution >= 0.6 is 11.6 Å². The Morgan fingerprint density at radius 2 is 1.90 bits per heavy atom. The summed E-state index contributed by atoms with van der Waals surface area (Å²) >= 11 is 5.80. The van der Waals surface area contributed by atoms with Crippen molar-refractivity contribution >= 4 is 28.9 Å². The second kappa shape index (κ2) is 5.46. The zero-order valence-electron chi connectivity index (χ0n) is 10.5. The van der Waals surface area contributed by atoms with Gasteiger partial charge in [-0.15, -0.1) is 0 Å². The van der Waals surface area contributed by atoms with E-state index in [9.17, 15) is 13.6 Å². The van der Waals surface area contributed by atoms with Crippen LogP contribution in [0, 0.1) is 18.6 Å². The molecular weight excluding hydrogens is 286 g/mol. The molecule has 2 aromatic rings. The maximum Gasteiger partial charge on any atom is 0.256 e. The third-order valence-electron chi connectivity index (χ3n) is 2.77. The van der Waals surface area contributed by atoms with Crippen LogP contribution in [-0.4, -0.2) is 5.91 Å². The monoisotopic (exact) mass is 296 g/mol. The fraction of sp³-hybridized carbons (Fsp3) is 0.0714. The largest absolute Gasteiger partial charge is 0.396 e. The fourth-order valence-electron chi connectivity index (χ4n) is 1.73. The first-order valence-corrected chi connectivity index (χ1v) is 6.08. The van der Waals surface area contributed by atoms with E-state index in [4.69, 9.17) is 17.3 Å². The van der Waals surface area contributed by atoms with Gasteiger partial charge in [-0.2, -0.15) is 0 Å². The van der Waals surface area contributed by atoms with Gasteiger partial charge in [0.15, 0.2) is 0 Å². The highest BCUT2D eigenvalue weighted by atomic mass is 35.5. The van der Waals surface area contributed by atoms with E-state index in [2.05, 4.69) is 5.32 Å². The van der Waals surface area contributed by atoms with Crippen LogP contribution in [0.2, 0.25) is 5.02 Å². The Labute approximate surface area is 119 Å². The Bertz CT molecular complexity index is 689. The zero-order valence-corrected chi connectivity index (χ0v) is 11.3. The summed E-state index contributed by atoms with van der Waals surface area (Å²) in [6, 6.07) is 6.36. The van der Waals surface area contributed by atoms with Gasteiger partial charge in [0, 0.05) is 16.7 Å². The average Bonchev–Trinajstić information content (AvgIpc) is 2.35. The Morgan fingerprint density at radius 1 is 1.20 bits per heavy atom. The third-order valence-corrected chi connectivity index (χ3v) is 3.00. The Morgan fingerprint density at radius 3 is 2.55 bits per heavy atom. The van der Waals surface area contributed by atoms with Gasteiger partial charge in [-0.1, -0.05) is 11.6 Å². The number of nitrogen functional groups attached to an aromatic ring is 1. The lowest BCUT2D eigenvalue weighted by Crippen LogP contribution is -2.14. The van der Waals surface area contributed by atoms with Crippen LogP contribution in [0.5, 0.6) is 0 Å². The quantitative estimate of drug-likeness (QED) is 0.829. The van der Waals surface area contributed by atoms with Gasteiger partial charge in [0.05, 0.1) is 11.4 Å². The molecule has 20 heavy (non-hydrogen) atoms. The topological polar surface area (TPSA) is 55.1 Å². The highest BCUT2D eigenvalue weighted by Crippen LogP contribution is 2.22. The minimum Gasteiger partial charge on any atom is -0.396 e. The van der Waals surface area contributed by atoms with Crippen molar-refractivity contribution in [3.05, 3.63) is 58.1 Å². The second-order valence-electron chi connectivity index (χ2n) is 4.27. The Balaban J connectivity index is 2.30. The van der Waals surface area contributed by atoms with Crippen molar-refractivity contribution in [2.24, 2.45) is 0 Å². The molecule has 2 aromatic carbocycles. The number of halogens is 3. The van der Waals surface area contributed by atoms with Gasteiger partial charge in [-0.3, -0.25) is 4.79 Å². The van der Waals surface area contributed by atoms with Crippen LogP contribution in [-0.2, 0) is 0 Å². The van der Waals surface area contributed by atoms with Crippen molar-refractivity contribution in [1.29, 1.82) is 0 Å². The molecule has 104 valence electrons. The van der Waals surface area contributed by atoms with Gasteiger partial charge < -0.3 is 11.1 Å². The summed E-state index contributed by atoms with van der Waals surface area (Å²) < 4.78 is 26.6. The lowest BCUT2D eigenvalue weighted by atomic mass is 10.1. The van der Waals surface area contributed by atoms with Crippen molar-refractivity contribution in [3.8, 4) is 0 Å². The number of hydrogen-bond donors (Lipinski definition) is 2. The number of rotatable bonds is 2. The van der Waals surface area contributed by atoms with E-state index in [1.807, 2.05) is 0 Å². The molecule has 0 heterocycles. The van der Waals surface area contributed by atoms with Gasteiger partial charge in [-0.05, 0) is 36.8 Å². The maximum atomic E-state index is 13.5. The van der Waals surface area contributed by atoms with Crippen LogP contribution in [0.3, 0.4) is 0 Å². The van der Waals surface area contributed by atoms with Gasteiger partial charge in [0.2, 0.25) is 0 Å². The lowest BCUT2D eigenvalue weighted by molar-refractivity contribution is 0.102. The molecule has 0 radical (unpaired) electrons. The van der Waals surface area contributed by atoms with Gasteiger partial charge in [-0.25, -0.2) is 8.78 Å². The predicted octanol–water partition coefficient (Wildman–Crippen LogP) is 3.76. The van der Waals surface area contributed by atoms with Gasteiger partial charge >= 0.3 is 0 Å². The molecule has 0 unspecified atom stereocenters. The molecule has 0 aliphatic carbocycles. The average molecular weight is 297 g/mol. The molecule has 6 heteroatoms. The molecule has 3 nitrogen and oxygen atoms in total. The molecule has 0 saturated carbocycles. The van der Waals surface area contributed by atoms with Crippen LogP contribution in [0.25, 0.3) is 0 Å². The number of nitrogens with one attached hydrogen (secondary N) is 1. The van der Waals surface area contributed by atoms with Crippen molar-refractivity contribution in [3.63, 3.8) is 0 Å². The first-order valence-electron chi connectivity index (χ1n) is 5.70. The lowest BCUT2D eigenvalue weighted by Gasteiger charge is -2.10. The van der Waals surface area contributed by atoms with Gasteiger partial charge in [0.1, 0.15) is 11.6 Å². The summed E-state index contributed by atoms with van der Waals surface area (Å²) in [4.78, 5) is 12.0. The molecule has 0 aromatic heterocycles. The van der Waals surface area contributed by atoms with E-state index in [0.717, 1.165) is 6.07 Å². The summed E-state index contributed by atoms with van der Waals surface area (Å²) in [6.45, 7) is 1.70. The van der Waals surface area contributed by atoms with E-state index in [0.29, 0.717) is 22.2 Å². The maximum absolute atomic E-state index is 13.5. The van der Waals surface area contributed by atoms with E-state index >= 15 is 0 Å². The number of anilines is 2. The molecule has 0 aliphatic rings. The van der Waals surface area contributed by atoms with Crippen molar-refractivity contribution in [1.82, 2.24) is 0 Å². The van der Waals surface area contributed by atoms with E-state index in [-0.39, 0.29) is 11.4 Å².